The summed E-state index contributed by atoms with van der Waals surface area (Å²) in [5.41, 5.74) is 1.63. The Kier molecular flexibility index (Phi) is 5.79. The second-order valence-corrected chi connectivity index (χ2v) is 8.62. The first-order valence-corrected chi connectivity index (χ1v) is 11.3. The lowest BCUT2D eigenvalue weighted by Gasteiger charge is -2.34. The highest BCUT2D eigenvalue weighted by Crippen LogP contribution is 2.42. The van der Waals surface area contributed by atoms with Crippen molar-refractivity contribution >= 4 is 10.1 Å². The fourth-order valence-electron chi connectivity index (χ4n) is 3.66. The normalized spacial score (nSPS) is 11.9. The molecule has 0 radical (unpaired) electrons. The van der Waals surface area contributed by atoms with E-state index in [9.17, 15) is 8.42 Å². The zero-order chi connectivity index (χ0) is 20.9. The average Bonchev–Trinajstić information content (AvgIpc) is 2.80. The van der Waals surface area contributed by atoms with Crippen LogP contribution in [0.3, 0.4) is 0 Å². The molecule has 0 aliphatic heterocycles. The molecule has 0 saturated heterocycles. The van der Waals surface area contributed by atoms with Crippen molar-refractivity contribution in [1.82, 2.24) is 0 Å². The van der Waals surface area contributed by atoms with Crippen LogP contribution in [-0.2, 0) is 25.7 Å². The SMILES string of the molecule is O=S(=O)(Cc1ccccc1)OC(c1ccccc1)(c1ccccc1)c1ccccc1. The zero-order valence-corrected chi connectivity index (χ0v) is 17.2. The van der Waals surface area contributed by atoms with E-state index in [0.29, 0.717) is 5.56 Å². The lowest BCUT2D eigenvalue weighted by Crippen LogP contribution is -2.35. The molecule has 0 heterocycles. The maximum absolute atomic E-state index is 13.3. The predicted octanol–water partition coefficient (Wildman–Crippen LogP) is 5.53. The molecule has 0 unspecified atom stereocenters. The van der Waals surface area contributed by atoms with Crippen molar-refractivity contribution in [3.8, 4) is 0 Å². The van der Waals surface area contributed by atoms with E-state index in [1.165, 1.54) is 0 Å². The van der Waals surface area contributed by atoms with E-state index in [1.807, 2.05) is 109 Å². The van der Waals surface area contributed by atoms with Gasteiger partial charge in [0.25, 0.3) is 10.1 Å². The minimum absolute atomic E-state index is 0.206. The molecule has 0 aromatic heterocycles. The van der Waals surface area contributed by atoms with Crippen LogP contribution < -0.4 is 0 Å². The molecule has 30 heavy (non-hydrogen) atoms. The Hall–Kier alpha value is -3.21. The first-order chi connectivity index (χ1) is 14.6. The van der Waals surface area contributed by atoms with Gasteiger partial charge >= 0.3 is 0 Å². The Morgan fingerprint density at radius 1 is 0.533 bits per heavy atom. The maximum Gasteiger partial charge on any atom is 0.273 e. The van der Waals surface area contributed by atoms with Gasteiger partial charge in [-0.1, -0.05) is 121 Å². The van der Waals surface area contributed by atoms with E-state index < -0.39 is 15.7 Å². The largest absolute Gasteiger partial charge is 0.273 e. The fraction of sp³-hybridized carbons (Fsp3) is 0.0769. The summed E-state index contributed by atoms with van der Waals surface area (Å²) < 4.78 is 32.8. The Labute approximate surface area is 177 Å². The zero-order valence-electron chi connectivity index (χ0n) is 16.4. The van der Waals surface area contributed by atoms with Gasteiger partial charge in [-0.15, -0.1) is 0 Å². The van der Waals surface area contributed by atoms with E-state index >= 15 is 0 Å². The first kappa shape index (κ1) is 20.1. The molecule has 0 aliphatic carbocycles. The molecule has 0 aliphatic rings. The molecule has 0 fully saturated rings. The van der Waals surface area contributed by atoms with Crippen molar-refractivity contribution in [1.29, 1.82) is 0 Å². The van der Waals surface area contributed by atoms with Crippen LogP contribution in [0, 0.1) is 0 Å². The third-order valence-electron chi connectivity index (χ3n) is 4.98. The van der Waals surface area contributed by atoms with Gasteiger partial charge in [0.1, 0.15) is 5.75 Å². The topological polar surface area (TPSA) is 43.4 Å². The van der Waals surface area contributed by atoms with Crippen LogP contribution in [0.25, 0.3) is 0 Å². The van der Waals surface area contributed by atoms with Crippen molar-refractivity contribution < 1.29 is 12.6 Å². The van der Waals surface area contributed by atoms with Crippen molar-refractivity contribution in [3.05, 3.63) is 144 Å². The molecule has 0 bridgehead atoms. The van der Waals surface area contributed by atoms with Crippen LogP contribution in [0.15, 0.2) is 121 Å². The van der Waals surface area contributed by atoms with Gasteiger partial charge < -0.3 is 0 Å². The summed E-state index contributed by atoms with van der Waals surface area (Å²) in [6.07, 6.45) is 0. The number of hydrogen-bond donors (Lipinski definition) is 0. The lowest BCUT2D eigenvalue weighted by atomic mass is 9.80. The smallest absolute Gasteiger partial charge is 0.248 e. The van der Waals surface area contributed by atoms with Crippen molar-refractivity contribution in [2.75, 3.05) is 0 Å². The maximum atomic E-state index is 13.3. The van der Waals surface area contributed by atoms with Crippen molar-refractivity contribution in [2.24, 2.45) is 0 Å². The van der Waals surface area contributed by atoms with Gasteiger partial charge in [-0.3, -0.25) is 0 Å². The predicted molar refractivity (Wildman–Crippen MR) is 119 cm³/mol. The van der Waals surface area contributed by atoms with E-state index in [-0.39, 0.29) is 5.75 Å². The van der Waals surface area contributed by atoms with Crippen LogP contribution in [0.4, 0.5) is 0 Å². The molecular formula is C26H22O3S. The Bertz CT molecular complexity index is 1080. The molecule has 0 spiro atoms. The van der Waals surface area contributed by atoms with Crippen LogP contribution in [-0.4, -0.2) is 8.42 Å². The molecule has 0 amide bonds. The molecule has 4 aromatic rings. The summed E-state index contributed by atoms with van der Waals surface area (Å²) in [7, 11) is -3.94. The highest BCUT2D eigenvalue weighted by molar-refractivity contribution is 7.85. The molecule has 150 valence electrons. The Morgan fingerprint density at radius 3 is 1.23 bits per heavy atom. The molecule has 0 N–H and O–H groups in total. The van der Waals surface area contributed by atoms with E-state index in [4.69, 9.17) is 4.18 Å². The van der Waals surface area contributed by atoms with Crippen LogP contribution >= 0.6 is 0 Å². The monoisotopic (exact) mass is 414 g/mol. The molecule has 4 aromatic carbocycles. The quantitative estimate of drug-likeness (QED) is 0.295. The number of hydrogen-bond acceptors (Lipinski definition) is 3. The van der Waals surface area contributed by atoms with E-state index in [0.717, 1.165) is 16.7 Å². The summed E-state index contributed by atoms with van der Waals surface area (Å²) in [5, 5.41) is 0. The molecule has 0 atom stereocenters. The Balaban J connectivity index is 1.91. The van der Waals surface area contributed by atoms with E-state index in [2.05, 4.69) is 0 Å². The second-order valence-electron chi connectivity index (χ2n) is 7.05. The highest BCUT2D eigenvalue weighted by atomic mass is 32.2. The highest BCUT2D eigenvalue weighted by Gasteiger charge is 2.42. The molecule has 0 saturated carbocycles. The third kappa shape index (κ3) is 4.20. The van der Waals surface area contributed by atoms with Crippen LogP contribution in [0.1, 0.15) is 22.3 Å². The molecule has 3 nitrogen and oxygen atoms in total. The lowest BCUT2D eigenvalue weighted by molar-refractivity contribution is 0.163. The fourth-order valence-corrected chi connectivity index (χ4v) is 4.99. The molecule has 4 heteroatoms. The number of rotatable bonds is 7. The molecular weight excluding hydrogens is 392 g/mol. The number of benzene rings is 4. The van der Waals surface area contributed by atoms with Crippen LogP contribution in [0.2, 0.25) is 0 Å². The summed E-state index contributed by atoms with van der Waals surface area (Å²) in [6, 6.07) is 37.6. The van der Waals surface area contributed by atoms with E-state index in [1.54, 1.807) is 12.1 Å². The third-order valence-corrected chi connectivity index (χ3v) is 6.17. The van der Waals surface area contributed by atoms with Gasteiger partial charge in [0.15, 0.2) is 5.60 Å². The Morgan fingerprint density at radius 2 is 0.867 bits per heavy atom. The standard InChI is InChI=1S/C26H22O3S/c27-30(28,21-22-13-5-1-6-14-22)29-26(23-15-7-2-8-16-23,24-17-9-3-10-18-24)25-19-11-4-12-20-25/h1-20H,21H2. The molecule has 4 rings (SSSR count). The summed E-state index contributed by atoms with van der Waals surface area (Å²) in [4.78, 5) is 0. The van der Waals surface area contributed by atoms with Crippen molar-refractivity contribution in [2.45, 2.75) is 11.4 Å². The van der Waals surface area contributed by atoms with Crippen LogP contribution in [0.5, 0.6) is 0 Å². The summed E-state index contributed by atoms with van der Waals surface area (Å²) >= 11 is 0. The first-order valence-electron chi connectivity index (χ1n) is 9.74. The van der Waals surface area contributed by atoms with Gasteiger partial charge in [-0.2, -0.15) is 8.42 Å². The van der Waals surface area contributed by atoms with Gasteiger partial charge in [0.05, 0.1) is 0 Å². The average molecular weight is 415 g/mol. The van der Waals surface area contributed by atoms with Gasteiger partial charge in [0, 0.05) is 0 Å². The minimum Gasteiger partial charge on any atom is -0.248 e. The summed E-state index contributed by atoms with van der Waals surface area (Å²) in [5.74, 6) is -0.206. The van der Waals surface area contributed by atoms with Gasteiger partial charge in [0.2, 0.25) is 0 Å². The van der Waals surface area contributed by atoms with Crippen molar-refractivity contribution in [3.63, 3.8) is 0 Å². The van der Waals surface area contributed by atoms with Gasteiger partial charge in [-0.25, -0.2) is 4.18 Å². The summed E-state index contributed by atoms with van der Waals surface area (Å²) in [6.45, 7) is 0. The minimum atomic E-state index is -3.94. The second kappa shape index (κ2) is 8.66. The van der Waals surface area contributed by atoms with Gasteiger partial charge in [-0.05, 0) is 22.3 Å².